The molecule has 0 aliphatic carbocycles. The van der Waals surface area contributed by atoms with Crippen molar-refractivity contribution in [2.24, 2.45) is 0 Å². The average molecular weight is 468 g/mol. The molecule has 0 aliphatic heterocycles. The first-order chi connectivity index (χ1) is 15.6. The van der Waals surface area contributed by atoms with E-state index < -0.39 is 42.2 Å². The van der Waals surface area contributed by atoms with Crippen molar-refractivity contribution in [1.29, 1.82) is 0 Å². The van der Waals surface area contributed by atoms with E-state index in [1.54, 1.807) is 38.1 Å². The number of carbonyl (C=O) groups excluding carboxylic acids is 3. The number of rotatable bonds is 11. The highest BCUT2D eigenvalue weighted by molar-refractivity contribution is 6.34. The monoisotopic (exact) mass is 468 g/mol. The maximum Gasteiger partial charge on any atom is 0.416 e. The largest absolute Gasteiger partial charge is 0.490 e. The van der Waals surface area contributed by atoms with Crippen LogP contribution in [0, 0.1) is 0 Å². The van der Waals surface area contributed by atoms with Gasteiger partial charge in [0.15, 0.2) is 6.61 Å². The second-order valence-electron chi connectivity index (χ2n) is 6.89. The number of hydrogen-bond donors (Lipinski definition) is 0. The lowest BCUT2D eigenvalue weighted by Crippen LogP contribution is -2.26. The van der Waals surface area contributed by atoms with Gasteiger partial charge < -0.3 is 18.9 Å². The highest BCUT2D eigenvalue weighted by atomic mass is 19.4. The summed E-state index contributed by atoms with van der Waals surface area (Å²) in [7, 11) is 0. The molecule has 0 aliphatic rings. The Bertz CT molecular complexity index is 938. The van der Waals surface area contributed by atoms with E-state index in [4.69, 9.17) is 14.2 Å². The fraction of sp³-hybridized carbons (Fsp3) is 0.348. The van der Waals surface area contributed by atoms with E-state index in [2.05, 4.69) is 4.74 Å². The zero-order valence-corrected chi connectivity index (χ0v) is 18.0. The van der Waals surface area contributed by atoms with Crippen LogP contribution in [0.1, 0.15) is 31.4 Å². The van der Waals surface area contributed by atoms with Gasteiger partial charge in [-0.25, -0.2) is 4.79 Å². The molecule has 0 amide bonds. The van der Waals surface area contributed by atoms with Gasteiger partial charge in [0.1, 0.15) is 24.2 Å². The number of esters is 2. The molecule has 178 valence electrons. The standard InChI is InChI=1S/C23H23F3O7/c1-3-30-22(29)20(27)14-32-21(28)12-15(2)33-19-10-8-18(9-11-19)31-13-16-4-6-17(7-5-16)23(24,25)26/h4-11,15H,3,12-14H2,1-2H3. The third kappa shape index (κ3) is 8.83. The van der Waals surface area contributed by atoms with Crippen molar-refractivity contribution in [1.82, 2.24) is 0 Å². The van der Waals surface area contributed by atoms with E-state index in [-0.39, 0.29) is 19.6 Å². The first kappa shape index (κ1) is 25.7. The lowest BCUT2D eigenvalue weighted by molar-refractivity contribution is -0.159. The van der Waals surface area contributed by atoms with Crippen molar-refractivity contribution in [3.63, 3.8) is 0 Å². The van der Waals surface area contributed by atoms with Crippen LogP contribution in [0.4, 0.5) is 13.2 Å². The molecule has 0 bridgehead atoms. The second kappa shape index (κ2) is 11.9. The maximum atomic E-state index is 12.6. The van der Waals surface area contributed by atoms with E-state index in [1.165, 1.54) is 12.1 Å². The molecule has 7 nitrogen and oxygen atoms in total. The molecule has 2 rings (SSSR count). The summed E-state index contributed by atoms with van der Waals surface area (Å²) >= 11 is 0. The van der Waals surface area contributed by atoms with E-state index in [0.29, 0.717) is 17.1 Å². The van der Waals surface area contributed by atoms with Crippen LogP contribution in [0.25, 0.3) is 0 Å². The highest BCUT2D eigenvalue weighted by Gasteiger charge is 2.29. The van der Waals surface area contributed by atoms with Crippen LogP contribution in [0.5, 0.6) is 11.5 Å². The molecule has 0 aromatic heterocycles. The Balaban J connectivity index is 1.76. The van der Waals surface area contributed by atoms with Gasteiger partial charge in [0.25, 0.3) is 5.78 Å². The van der Waals surface area contributed by atoms with Crippen molar-refractivity contribution in [2.45, 2.75) is 39.2 Å². The minimum atomic E-state index is -4.39. The summed E-state index contributed by atoms with van der Waals surface area (Å²) in [6.07, 6.45) is -5.11. The summed E-state index contributed by atoms with van der Waals surface area (Å²) < 4.78 is 58.2. The molecule has 1 atom stereocenters. The predicted octanol–water partition coefficient (Wildman–Crippen LogP) is 4.12. The molecule has 0 heterocycles. The molecule has 2 aromatic carbocycles. The van der Waals surface area contributed by atoms with Gasteiger partial charge in [-0.05, 0) is 55.8 Å². The van der Waals surface area contributed by atoms with Gasteiger partial charge >= 0.3 is 18.1 Å². The second-order valence-corrected chi connectivity index (χ2v) is 6.89. The molecule has 0 N–H and O–H groups in total. The Kier molecular flexibility index (Phi) is 9.26. The number of benzene rings is 2. The van der Waals surface area contributed by atoms with Gasteiger partial charge in [0.05, 0.1) is 18.6 Å². The Hall–Kier alpha value is -3.56. The summed E-state index contributed by atoms with van der Waals surface area (Å²) in [6.45, 7) is 2.61. The van der Waals surface area contributed by atoms with E-state index >= 15 is 0 Å². The van der Waals surface area contributed by atoms with Crippen LogP contribution < -0.4 is 9.47 Å². The molecule has 33 heavy (non-hydrogen) atoms. The first-order valence-electron chi connectivity index (χ1n) is 9.99. The van der Waals surface area contributed by atoms with Crippen LogP contribution in [0.3, 0.4) is 0 Å². The Labute approximate surface area is 188 Å². The van der Waals surface area contributed by atoms with Crippen molar-refractivity contribution in [3.05, 3.63) is 59.7 Å². The molecule has 0 fully saturated rings. The quantitative estimate of drug-likeness (QED) is 0.362. The summed E-state index contributed by atoms with van der Waals surface area (Å²) in [5, 5.41) is 0. The zero-order valence-electron chi connectivity index (χ0n) is 18.0. The molecule has 0 spiro atoms. The Morgan fingerprint density at radius 1 is 0.909 bits per heavy atom. The van der Waals surface area contributed by atoms with Crippen LogP contribution >= 0.6 is 0 Å². The lowest BCUT2D eigenvalue weighted by Gasteiger charge is -2.14. The van der Waals surface area contributed by atoms with E-state index in [9.17, 15) is 27.6 Å². The average Bonchev–Trinajstić information content (AvgIpc) is 2.76. The highest BCUT2D eigenvalue weighted by Crippen LogP contribution is 2.29. The van der Waals surface area contributed by atoms with Crippen molar-refractivity contribution in [3.8, 4) is 11.5 Å². The first-order valence-corrected chi connectivity index (χ1v) is 9.99. The van der Waals surface area contributed by atoms with Crippen molar-refractivity contribution in [2.75, 3.05) is 13.2 Å². The van der Waals surface area contributed by atoms with Gasteiger partial charge in [-0.3, -0.25) is 9.59 Å². The predicted molar refractivity (Wildman–Crippen MR) is 110 cm³/mol. The number of ketones is 1. The zero-order chi connectivity index (χ0) is 24.4. The number of hydrogen-bond acceptors (Lipinski definition) is 7. The Morgan fingerprint density at radius 2 is 1.52 bits per heavy atom. The van der Waals surface area contributed by atoms with Crippen LogP contribution in [0.15, 0.2) is 48.5 Å². The fourth-order valence-corrected chi connectivity index (χ4v) is 2.56. The fourth-order valence-electron chi connectivity index (χ4n) is 2.56. The summed E-state index contributed by atoms with van der Waals surface area (Å²) in [4.78, 5) is 34.4. The minimum Gasteiger partial charge on any atom is -0.490 e. The lowest BCUT2D eigenvalue weighted by atomic mass is 10.1. The number of carbonyl (C=O) groups is 3. The number of alkyl halides is 3. The van der Waals surface area contributed by atoms with Gasteiger partial charge in [-0.15, -0.1) is 0 Å². The third-order valence-corrected chi connectivity index (χ3v) is 4.17. The van der Waals surface area contributed by atoms with E-state index in [1.807, 2.05) is 0 Å². The van der Waals surface area contributed by atoms with Crippen molar-refractivity contribution < 1.29 is 46.5 Å². The normalized spacial score (nSPS) is 11.9. The van der Waals surface area contributed by atoms with E-state index in [0.717, 1.165) is 12.1 Å². The molecule has 1 unspecified atom stereocenters. The summed E-state index contributed by atoms with van der Waals surface area (Å²) in [6, 6.07) is 11.1. The van der Waals surface area contributed by atoms with Crippen LogP contribution in [0.2, 0.25) is 0 Å². The smallest absolute Gasteiger partial charge is 0.416 e. The maximum absolute atomic E-state index is 12.6. The molecular formula is C23H23F3O7. The van der Waals surface area contributed by atoms with Crippen LogP contribution in [-0.4, -0.2) is 37.0 Å². The number of Topliss-reactive ketones (excluding diaryl/α,β-unsaturated/α-hetero) is 1. The minimum absolute atomic E-state index is 0.0439. The van der Waals surface area contributed by atoms with Gasteiger partial charge in [-0.2, -0.15) is 13.2 Å². The summed E-state index contributed by atoms with van der Waals surface area (Å²) in [5.74, 6) is -1.80. The molecule has 0 saturated heterocycles. The molecule has 10 heteroatoms. The molecular weight excluding hydrogens is 445 g/mol. The van der Waals surface area contributed by atoms with Gasteiger partial charge in [0, 0.05) is 0 Å². The molecule has 0 radical (unpaired) electrons. The molecule has 2 aromatic rings. The number of halogens is 3. The van der Waals surface area contributed by atoms with Gasteiger partial charge in [-0.1, -0.05) is 12.1 Å². The van der Waals surface area contributed by atoms with Crippen LogP contribution in [-0.2, 0) is 36.6 Å². The van der Waals surface area contributed by atoms with Crippen molar-refractivity contribution >= 4 is 17.7 Å². The Morgan fingerprint density at radius 3 is 2.09 bits per heavy atom. The third-order valence-electron chi connectivity index (χ3n) is 4.17. The van der Waals surface area contributed by atoms with Gasteiger partial charge in [0.2, 0.25) is 0 Å². The summed E-state index contributed by atoms with van der Waals surface area (Å²) in [5.41, 5.74) is -0.145. The molecule has 0 saturated carbocycles. The topological polar surface area (TPSA) is 88.1 Å². The number of ether oxygens (including phenoxy) is 4. The SMILES string of the molecule is CCOC(=O)C(=O)COC(=O)CC(C)Oc1ccc(OCc2ccc(C(F)(F)F)cc2)cc1.